The van der Waals surface area contributed by atoms with Crippen LogP contribution in [0.2, 0.25) is 0 Å². The summed E-state index contributed by atoms with van der Waals surface area (Å²) in [6.45, 7) is 9.03. The summed E-state index contributed by atoms with van der Waals surface area (Å²) >= 11 is 0. The highest BCUT2D eigenvalue weighted by Gasteiger charge is 2.45. The first-order chi connectivity index (χ1) is 16.5. The largest absolute Gasteiger partial charge is 0.480 e. The zero-order valence-corrected chi connectivity index (χ0v) is 21.0. The molecule has 2 amide bonds. The Hall–Kier alpha value is -2.29. The number of carbonyl (C=O) groups excluding carboxylic acids is 1. The second-order valence-corrected chi connectivity index (χ2v) is 10.2. The SMILES string of the molecule is CCN(CC1CCN(C(=O)N2CCCCC2(C)C(=O)O)CC1)C(C)Cc1cccc(C(F)(F)F)c1. The van der Waals surface area contributed by atoms with E-state index in [9.17, 15) is 27.9 Å². The van der Waals surface area contributed by atoms with Crippen LogP contribution >= 0.6 is 0 Å². The van der Waals surface area contributed by atoms with E-state index in [1.54, 1.807) is 17.9 Å². The van der Waals surface area contributed by atoms with Crippen LogP contribution in [-0.4, -0.2) is 76.1 Å². The molecule has 2 unspecified atom stereocenters. The number of halogens is 3. The molecule has 0 spiro atoms. The topological polar surface area (TPSA) is 64.1 Å². The van der Waals surface area contributed by atoms with Crippen molar-refractivity contribution < 1.29 is 27.9 Å². The van der Waals surface area contributed by atoms with Crippen LogP contribution in [0, 0.1) is 5.92 Å². The second kappa shape index (κ2) is 11.2. The van der Waals surface area contributed by atoms with Gasteiger partial charge in [-0.25, -0.2) is 9.59 Å². The van der Waals surface area contributed by atoms with Crippen LogP contribution in [-0.2, 0) is 17.4 Å². The third-order valence-electron chi connectivity index (χ3n) is 7.78. The van der Waals surface area contributed by atoms with Crippen molar-refractivity contribution in [2.24, 2.45) is 5.92 Å². The molecule has 196 valence electrons. The summed E-state index contributed by atoms with van der Waals surface area (Å²) in [4.78, 5) is 30.7. The fourth-order valence-electron chi connectivity index (χ4n) is 5.42. The summed E-state index contributed by atoms with van der Waals surface area (Å²) in [5, 5.41) is 9.72. The summed E-state index contributed by atoms with van der Waals surface area (Å²) in [6.07, 6.45) is -0.0461. The predicted molar refractivity (Wildman–Crippen MR) is 128 cm³/mol. The van der Waals surface area contributed by atoms with Crippen LogP contribution in [0.4, 0.5) is 18.0 Å². The molecule has 0 saturated carbocycles. The Morgan fingerprint density at radius 3 is 2.49 bits per heavy atom. The lowest BCUT2D eigenvalue weighted by Crippen LogP contribution is -2.61. The van der Waals surface area contributed by atoms with Crippen LogP contribution < -0.4 is 0 Å². The number of amides is 2. The van der Waals surface area contributed by atoms with Gasteiger partial charge in [0.2, 0.25) is 0 Å². The van der Waals surface area contributed by atoms with Gasteiger partial charge in [-0.3, -0.25) is 0 Å². The van der Waals surface area contributed by atoms with Gasteiger partial charge < -0.3 is 19.8 Å². The van der Waals surface area contributed by atoms with Crippen molar-refractivity contribution in [2.45, 2.75) is 77.1 Å². The number of hydrogen-bond donors (Lipinski definition) is 1. The van der Waals surface area contributed by atoms with E-state index in [0.717, 1.165) is 44.8 Å². The Labute approximate surface area is 206 Å². The van der Waals surface area contributed by atoms with Crippen molar-refractivity contribution in [3.05, 3.63) is 35.4 Å². The number of carboxylic acids is 1. The number of benzene rings is 1. The minimum Gasteiger partial charge on any atom is -0.480 e. The van der Waals surface area contributed by atoms with Crippen LogP contribution in [0.1, 0.15) is 64.0 Å². The number of carboxylic acid groups (broad SMARTS) is 1. The Morgan fingerprint density at radius 2 is 1.89 bits per heavy atom. The molecule has 2 heterocycles. The van der Waals surface area contributed by atoms with Gasteiger partial charge >= 0.3 is 18.2 Å². The molecule has 2 aliphatic heterocycles. The summed E-state index contributed by atoms with van der Waals surface area (Å²) in [5.41, 5.74) is -1.09. The van der Waals surface area contributed by atoms with Gasteiger partial charge in [0.1, 0.15) is 5.54 Å². The van der Waals surface area contributed by atoms with Crippen molar-refractivity contribution in [1.82, 2.24) is 14.7 Å². The monoisotopic (exact) mass is 497 g/mol. The molecule has 2 saturated heterocycles. The summed E-state index contributed by atoms with van der Waals surface area (Å²) < 4.78 is 39.2. The van der Waals surface area contributed by atoms with Gasteiger partial charge in [0.25, 0.3) is 0 Å². The maximum Gasteiger partial charge on any atom is 0.416 e. The third-order valence-corrected chi connectivity index (χ3v) is 7.78. The number of hydrogen-bond acceptors (Lipinski definition) is 3. The normalized spacial score (nSPS) is 22.9. The fourth-order valence-corrected chi connectivity index (χ4v) is 5.42. The van der Waals surface area contributed by atoms with Gasteiger partial charge in [-0.15, -0.1) is 0 Å². The van der Waals surface area contributed by atoms with Gasteiger partial charge in [-0.1, -0.05) is 25.1 Å². The first kappa shape index (κ1) is 27.3. The van der Waals surface area contributed by atoms with E-state index < -0.39 is 23.2 Å². The van der Waals surface area contributed by atoms with Gasteiger partial charge in [-0.2, -0.15) is 13.2 Å². The maximum absolute atomic E-state index is 13.2. The highest BCUT2D eigenvalue weighted by Crippen LogP contribution is 2.32. The number of urea groups is 1. The number of alkyl halides is 3. The second-order valence-electron chi connectivity index (χ2n) is 10.2. The molecular weight excluding hydrogens is 459 g/mol. The van der Waals surface area contributed by atoms with Crippen LogP contribution in [0.3, 0.4) is 0 Å². The summed E-state index contributed by atoms with van der Waals surface area (Å²) in [5.74, 6) is -0.566. The first-order valence-corrected chi connectivity index (χ1v) is 12.7. The minimum atomic E-state index is -4.34. The van der Waals surface area contributed by atoms with Crippen molar-refractivity contribution in [1.29, 1.82) is 0 Å². The molecule has 1 aromatic rings. The molecule has 2 fully saturated rings. The molecular formula is C26H38F3N3O3. The highest BCUT2D eigenvalue weighted by molar-refractivity contribution is 5.86. The van der Waals surface area contributed by atoms with E-state index in [1.165, 1.54) is 17.0 Å². The Balaban J connectivity index is 1.54. The molecule has 9 heteroatoms. The average molecular weight is 498 g/mol. The van der Waals surface area contributed by atoms with Crippen molar-refractivity contribution in [3.63, 3.8) is 0 Å². The van der Waals surface area contributed by atoms with Gasteiger partial charge in [0, 0.05) is 32.2 Å². The third kappa shape index (κ3) is 6.48. The lowest BCUT2D eigenvalue weighted by molar-refractivity contribution is -0.151. The summed E-state index contributed by atoms with van der Waals surface area (Å²) in [7, 11) is 0. The van der Waals surface area contributed by atoms with E-state index in [2.05, 4.69) is 11.8 Å². The van der Waals surface area contributed by atoms with Crippen LogP contribution in [0.15, 0.2) is 24.3 Å². The molecule has 0 radical (unpaired) electrons. The van der Waals surface area contributed by atoms with Crippen molar-refractivity contribution >= 4 is 12.0 Å². The molecule has 6 nitrogen and oxygen atoms in total. The minimum absolute atomic E-state index is 0.0905. The Morgan fingerprint density at radius 1 is 1.20 bits per heavy atom. The quantitative estimate of drug-likeness (QED) is 0.568. The fraction of sp³-hybridized carbons (Fsp3) is 0.692. The number of likely N-dealkylation sites (tertiary alicyclic amines) is 2. The molecule has 35 heavy (non-hydrogen) atoms. The molecule has 3 rings (SSSR count). The van der Waals surface area contributed by atoms with E-state index in [0.29, 0.717) is 44.0 Å². The summed E-state index contributed by atoms with van der Waals surface area (Å²) in [6, 6.07) is 5.45. The lowest BCUT2D eigenvalue weighted by Gasteiger charge is -2.45. The number of nitrogens with zero attached hydrogens (tertiary/aromatic N) is 3. The molecule has 0 aliphatic carbocycles. The van der Waals surface area contributed by atoms with Crippen LogP contribution in [0.5, 0.6) is 0 Å². The van der Waals surface area contributed by atoms with Gasteiger partial charge in [-0.05, 0) is 76.5 Å². The molecule has 1 N–H and O–H groups in total. The number of aliphatic carboxylic acids is 1. The smallest absolute Gasteiger partial charge is 0.416 e. The zero-order chi connectivity index (χ0) is 25.8. The van der Waals surface area contributed by atoms with Crippen LogP contribution in [0.25, 0.3) is 0 Å². The molecule has 0 aromatic heterocycles. The molecule has 1 aromatic carbocycles. The van der Waals surface area contributed by atoms with E-state index >= 15 is 0 Å². The molecule has 2 atom stereocenters. The van der Waals surface area contributed by atoms with E-state index in [-0.39, 0.29) is 12.1 Å². The van der Waals surface area contributed by atoms with Gasteiger partial charge in [0.15, 0.2) is 0 Å². The van der Waals surface area contributed by atoms with E-state index in [4.69, 9.17) is 0 Å². The standard InChI is InChI=1S/C26H38F3N3O3/c1-4-30(19(2)16-21-8-7-9-22(17-21)26(27,28)29)18-20-10-14-31(15-11-20)24(35)32-13-6-5-12-25(32,3)23(33)34/h7-9,17,19-20H,4-6,10-16,18H2,1-3H3,(H,33,34). The maximum atomic E-state index is 13.2. The number of rotatable bonds is 7. The molecule has 0 bridgehead atoms. The van der Waals surface area contributed by atoms with Gasteiger partial charge in [0.05, 0.1) is 5.56 Å². The number of piperidine rings is 2. The van der Waals surface area contributed by atoms with E-state index in [1.807, 2.05) is 6.92 Å². The zero-order valence-electron chi connectivity index (χ0n) is 21.0. The molecule has 2 aliphatic rings. The predicted octanol–water partition coefficient (Wildman–Crippen LogP) is 5.12. The highest BCUT2D eigenvalue weighted by atomic mass is 19.4. The Bertz CT molecular complexity index is 886. The first-order valence-electron chi connectivity index (χ1n) is 12.7. The van der Waals surface area contributed by atoms with Crippen molar-refractivity contribution in [2.75, 3.05) is 32.7 Å². The number of carbonyl (C=O) groups is 2. The Kier molecular flexibility index (Phi) is 8.72. The average Bonchev–Trinajstić information content (AvgIpc) is 2.82. The van der Waals surface area contributed by atoms with Crippen molar-refractivity contribution in [3.8, 4) is 0 Å². The lowest BCUT2D eigenvalue weighted by atomic mass is 9.88. The number of likely N-dealkylation sites (N-methyl/N-ethyl adjacent to an activating group) is 1.